The summed E-state index contributed by atoms with van der Waals surface area (Å²) in [5.74, 6) is 1.74. The number of aromatic nitrogens is 3. The second-order valence-corrected chi connectivity index (χ2v) is 2.31. The predicted molar refractivity (Wildman–Crippen MR) is 39.8 cm³/mol. The number of nitrogens with one attached hydrogen (secondary N) is 1. The van der Waals surface area contributed by atoms with E-state index in [1.807, 2.05) is 0 Å². The summed E-state index contributed by atoms with van der Waals surface area (Å²) in [5.41, 5.74) is 5.26. The summed E-state index contributed by atoms with van der Waals surface area (Å²) in [7, 11) is 0. The third-order valence-electron chi connectivity index (χ3n) is 1.10. The first-order valence-corrected chi connectivity index (χ1v) is 3.59. The van der Waals surface area contributed by atoms with Gasteiger partial charge in [0, 0.05) is 12.3 Å². The van der Waals surface area contributed by atoms with Crippen molar-refractivity contribution >= 4 is 17.5 Å². The molecule has 1 heterocycles. The van der Waals surface area contributed by atoms with Crippen LogP contribution in [0.4, 0.5) is 5.95 Å². The Hall–Kier alpha value is -0.770. The SMILES string of the molecule is Nc1n[nH]c(CCCCl)n1. The van der Waals surface area contributed by atoms with Gasteiger partial charge in [-0.05, 0) is 6.42 Å². The average molecular weight is 161 g/mol. The molecule has 5 heteroatoms. The summed E-state index contributed by atoms with van der Waals surface area (Å²) in [4.78, 5) is 3.90. The van der Waals surface area contributed by atoms with Gasteiger partial charge in [-0.15, -0.1) is 16.7 Å². The Labute approximate surface area is 63.8 Å². The van der Waals surface area contributed by atoms with Crippen LogP contribution in [0.2, 0.25) is 0 Å². The molecule has 0 spiro atoms. The van der Waals surface area contributed by atoms with Crippen LogP contribution in [-0.4, -0.2) is 21.1 Å². The highest BCUT2D eigenvalue weighted by atomic mass is 35.5. The summed E-state index contributed by atoms with van der Waals surface area (Å²) in [6, 6.07) is 0. The molecule has 1 aromatic rings. The highest BCUT2D eigenvalue weighted by Crippen LogP contribution is 1.97. The van der Waals surface area contributed by atoms with E-state index in [0.29, 0.717) is 11.8 Å². The maximum atomic E-state index is 5.46. The standard InChI is InChI=1S/C5H9ClN4/c6-3-1-2-4-8-5(7)10-9-4/h1-3H2,(H3,7,8,9,10). The lowest BCUT2D eigenvalue weighted by Gasteiger charge is -1.88. The molecular formula is C5H9ClN4. The number of alkyl halides is 1. The van der Waals surface area contributed by atoms with E-state index in [1.54, 1.807) is 0 Å². The molecule has 0 saturated carbocycles. The Balaban J connectivity index is 2.42. The Morgan fingerprint density at radius 1 is 1.60 bits per heavy atom. The largest absolute Gasteiger partial charge is 0.367 e. The third-order valence-corrected chi connectivity index (χ3v) is 1.36. The molecule has 3 N–H and O–H groups in total. The van der Waals surface area contributed by atoms with Crippen LogP contribution >= 0.6 is 11.6 Å². The van der Waals surface area contributed by atoms with E-state index in [-0.39, 0.29) is 0 Å². The monoisotopic (exact) mass is 160 g/mol. The molecule has 0 fully saturated rings. The quantitative estimate of drug-likeness (QED) is 0.635. The van der Waals surface area contributed by atoms with Gasteiger partial charge in [-0.25, -0.2) is 0 Å². The fraction of sp³-hybridized carbons (Fsp3) is 0.600. The van der Waals surface area contributed by atoms with E-state index in [0.717, 1.165) is 18.7 Å². The number of nitrogens with two attached hydrogens (primary N) is 1. The molecule has 0 aliphatic heterocycles. The van der Waals surface area contributed by atoms with Gasteiger partial charge in [0.05, 0.1) is 0 Å². The van der Waals surface area contributed by atoms with Crippen molar-refractivity contribution < 1.29 is 0 Å². The highest BCUT2D eigenvalue weighted by Gasteiger charge is 1.96. The van der Waals surface area contributed by atoms with Crippen LogP contribution in [0.5, 0.6) is 0 Å². The van der Waals surface area contributed by atoms with Crippen LogP contribution in [0.25, 0.3) is 0 Å². The number of halogens is 1. The molecule has 0 amide bonds. The summed E-state index contributed by atoms with van der Waals surface area (Å²) in [6.07, 6.45) is 1.71. The predicted octanol–water partition coefficient (Wildman–Crippen LogP) is 0.558. The lowest BCUT2D eigenvalue weighted by molar-refractivity contribution is 0.845. The summed E-state index contributed by atoms with van der Waals surface area (Å²) >= 11 is 5.46. The number of hydrogen-bond acceptors (Lipinski definition) is 3. The average Bonchev–Trinajstić information content (AvgIpc) is 2.31. The molecule has 0 saturated heterocycles. The normalized spacial score (nSPS) is 10.1. The zero-order valence-electron chi connectivity index (χ0n) is 5.47. The Morgan fingerprint density at radius 2 is 2.40 bits per heavy atom. The van der Waals surface area contributed by atoms with E-state index >= 15 is 0 Å². The first kappa shape index (κ1) is 7.34. The number of nitrogen functional groups attached to an aromatic ring is 1. The van der Waals surface area contributed by atoms with Gasteiger partial charge in [-0.2, -0.15) is 4.98 Å². The van der Waals surface area contributed by atoms with Gasteiger partial charge in [-0.1, -0.05) is 0 Å². The van der Waals surface area contributed by atoms with Gasteiger partial charge < -0.3 is 5.73 Å². The van der Waals surface area contributed by atoms with Gasteiger partial charge in [0.25, 0.3) is 0 Å². The Kier molecular flexibility index (Phi) is 2.50. The topological polar surface area (TPSA) is 67.6 Å². The first-order chi connectivity index (χ1) is 4.83. The minimum absolute atomic E-state index is 0.296. The van der Waals surface area contributed by atoms with Crippen LogP contribution in [0.3, 0.4) is 0 Å². The lowest BCUT2D eigenvalue weighted by Crippen LogP contribution is -1.89. The number of aromatic amines is 1. The van der Waals surface area contributed by atoms with Crippen molar-refractivity contribution in [3.63, 3.8) is 0 Å². The molecule has 0 unspecified atom stereocenters. The smallest absolute Gasteiger partial charge is 0.239 e. The zero-order valence-corrected chi connectivity index (χ0v) is 6.23. The van der Waals surface area contributed by atoms with Gasteiger partial charge in [0.1, 0.15) is 5.82 Å². The van der Waals surface area contributed by atoms with Crippen molar-refractivity contribution in [1.82, 2.24) is 15.2 Å². The zero-order chi connectivity index (χ0) is 7.40. The lowest BCUT2D eigenvalue weighted by atomic mass is 10.3. The Morgan fingerprint density at radius 3 is 2.90 bits per heavy atom. The molecule has 0 aromatic carbocycles. The van der Waals surface area contributed by atoms with Crippen molar-refractivity contribution in [2.75, 3.05) is 11.6 Å². The summed E-state index contributed by atoms with van der Waals surface area (Å²) < 4.78 is 0. The first-order valence-electron chi connectivity index (χ1n) is 3.05. The molecule has 0 atom stereocenters. The minimum atomic E-state index is 0.296. The van der Waals surface area contributed by atoms with Gasteiger partial charge in [0.15, 0.2) is 0 Å². The summed E-state index contributed by atoms with van der Waals surface area (Å²) in [5, 5.41) is 6.36. The Bertz CT molecular complexity index is 197. The fourth-order valence-electron chi connectivity index (χ4n) is 0.656. The number of anilines is 1. The van der Waals surface area contributed by atoms with Gasteiger partial charge in [0.2, 0.25) is 5.95 Å². The number of rotatable bonds is 3. The second kappa shape index (κ2) is 3.41. The fourth-order valence-corrected chi connectivity index (χ4v) is 0.790. The number of hydrogen-bond donors (Lipinski definition) is 2. The molecule has 0 aliphatic carbocycles. The van der Waals surface area contributed by atoms with Crippen LogP contribution in [-0.2, 0) is 6.42 Å². The third kappa shape index (κ3) is 1.88. The molecule has 10 heavy (non-hydrogen) atoms. The van der Waals surface area contributed by atoms with E-state index in [4.69, 9.17) is 17.3 Å². The van der Waals surface area contributed by atoms with Crippen molar-refractivity contribution in [2.45, 2.75) is 12.8 Å². The number of H-pyrrole nitrogens is 1. The number of nitrogens with zero attached hydrogens (tertiary/aromatic N) is 2. The van der Waals surface area contributed by atoms with Crippen LogP contribution in [0, 0.1) is 0 Å². The molecule has 0 radical (unpaired) electrons. The van der Waals surface area contributed by atoms with Crippen molar-refractivity contribution in [3.8, 4) is 0 Å². The van der Waals surface area contributed by atoms with Crippen LogP contribution in [0.1, 0.15) is 12.2 Å². The molecule has 0 aliphatic rings. The van der Waals surface area contributed by atoms with E-state index in [1.165, 1.54) is 0 Å². The second-order valence-electron chi connectivity index (χ2n) is 1.93. The summed E-state index contributed by atoms with van der Waals surface area (Å²) in [6.45, 7) is 0. The number of aryl methyl sites for hydroxylation is 1. The van der Waals surface area contributed by atoms with Gasteiger partial charge >= 0.3 is 0 Å². The van der Waals surface area contributed by atoms with E-state index in [2.05, 4.69) is 15.2 Å². The molecular weight excluding hydrogens is 152 g/mol. The van der Waals surface area contributed by atoms with Crippen molar-refractivity contribution in [3.05, 3.63) is 5.82 Å². The maximum absolute atomic E-state index is 5.46. The van der Waals surface area contributed by atoms with E-state index < -0.39 is 0 Å². The molecule has 4 nitrogen and oxygen atoms in total. The van der Waals surface area contributed by atoms with Crippen LogP contribution in [0.15, 0.2) is 0 Å². The molecule has 1 aromatic heterocycles. The molecule has 1 rings (SSSR count). The maximum Gasteiger partial charge on any atom is 0.239 e. The molecule has 0 bridgehead atoms. The van der Waals surface area contributed by atoms with Crippen LogP contribution < -0.4 is 5.73 Å². The minimum Gasteiger partial charge on any atom is -0.367 e. The van der Waals surface area contributed by atoms with Crippen molar-refractivity contribution in [1.29, 1.82) is 0 Å². The highest BCUT2D eigenvalue weighted by molar-refractivity contribution is 6.17. The van der Waals surface area contributed by atoms with E-state index in [9.17, 15) is 0 Å². The molecule has 56 valence electrons. The van der Waals surface area contributed by atoms with Crippen molar-refractivity contribution in [2.24, 2.45) is 0 Å². The van der Waals surface area contributed by atoms with Gasteiger partial charge in [-0.3, -0.25) is 5.10 Å².